The number of aromatic nitrogens is 1. The van der Waals surface area contributed by atoms with E-state index in [1.54, 1.807) is 24.3 Å². The lowest BCUT2D eigenvalue weighted by molar-refractivity contribution is 0.476. The molecular weight excluding hydrogens is 304 g/mol. The molecule has 0 bridgehead atoms. The molecule has 0 amide bonds. The fourth-order valence-corrected chi connectivity index (χ4v) is 2.13. The standard InChI is InChI=1S/C17H18N6O/c18-10-1-5-12(6-2-10)21-14-9-15(24)16(20)23-17(14)22-13-7-3-11(19)4-8-13/h1-9,21,24H,18-19H2,(H3,20,22,23). The summed E-state index contributed by atoms with van der Waals surface area (Å²) in [5.41, 5.74) is 20.6. The largest absolute Gasteiger partial charge is 0.504 e. The second kappa shape index (κ2) is 6.25. The number of nitrogens with zero attached hydrogens (tertiary/aromatic N) is 1. The summed E-state index contributed by atoms with van der Waals surface area (Å²) in [6.07, 6.45) is 0. The third kappa shape index (κ3) is 3.41. The molecule has 3 aromatic rings. The summed E-state index contributed by atoms with van der Waals surface area (Å²) < 4.78 is 0. The smallest absolute Gasteiger partial charge is 0.168 e. The van der Waals surface area contributed by atoms with Crippen molar-refractivity contribution in [2.24, 2.45) is 0 Å². The zero-order valence-corrected chi connectivity index (χ0v) is 12.8. The van der Waals surface area contributed by atoms with E-state index in [-0.39, 0.29) is 11.6 Å². The Morgan fingerprint density at radius 2 is 1.25 bits per heavy atom. The Bertz CT molecular complexity index is 774. The molecule has 0 fully saturated rings. The van der Waals surface area contributed by atoms with Gasteiger partial charge >= 0.3 is 0 Å². The van der Waals surface area contributed by atoms with Crippen LogP contribution in [0.4, 0.5) is 40.1 Å². The van der Waals surface area contributed by atoms with Crippen molar-refractivity contribution in [2.75, 3.05) is 27.8 Å². The molecule has 122 valence electrons. The highest BCUT2D eigenvalue weighted by Crippen LogP contribution is 2.33. The van der Waals surface area contributed by atoms with Gasteiger partial charge in [0.05, 0.1) is 5.69 Å². The maximum atomic E-state index is 9.86. The predicted molar refractivity (Wildman–Crippen MR) is 98.6 cm³/mol. The van der Waals surface area contributed by atoms with Crippen LogP contribution in [0.1, 0.15) is 0 Å². The Morgan fingerprint density at radius 1 is 0.750 bits per heavy atom. The number of nitrogens with two attached hydrogens (primary N) is 3. The highest BCUT2D eigenvalue weighted by Gasteiger charge is 2.10. The van der Waals surface area contributed by atoms with Gasteiger partial charge in [-0.25, -0.2) is 4.98 Å². The number of benzene rings is 2. The summed E-state index contributed by atoms with van der Waals surface area (Å²) in [7, 11) is 0. The molecule has 0 atom stereocenters. The molecule has 1 aromatic heterocycles. The average Bonchev–Trinajstić information content (AvgIpc) is 2.56. The van der Waals surface area contributed by atoms with Crippen molar-refractivity contribution < 1.29 is 5.11 Å². The zero-order valence-electron chi connectivity index (χ0n) is 12.8. The van der Waals surface area contributed by atoms with Crippen LogP contribution in [-0.2, 0) is 0 Å². The minimum absolute atomic E-state index is 0.0378. The van der Waals surface area contributed by atoms with Gasteiger partial charge in [0, 0.05) is 28.8 Å². The molecule has 9 N–H and O–H groups in total. The SMILES string of the molecule is Nc1ccc(Nc2cc(O)c(N)nc2Nc2ccc(N)cc2)cc1. The highest BCUT2D eigenvalue weighted by atomic mass is 16.3. The van der Waals surface area contributed by atoms with Gasteiger partial charge in [-0.1, -0.05) is 0 Å². The van der Waals surface area contributed by atoms with E-state index in [2.05, 4.69) is 15.6 Å². The molecule has 2 aromatic carbocycles. The van der Waals surface area contributed by atoms with Gasteiger partial charge in [-0.05, 0) is 48.5 Å². The fourth-order valence-electron chi connectivity index (χ4n) is 2.13. The van der Waals surface area contributed by atoms with E-state index in [1.807, 2.05) is 24.3 Å². The molecule has 1 heterocycles. The van der Waals surface area contributed by atoms with Crippen LogP contribution in [0.5, 0.6) is 5.75 Å². The normalized spacial score (nSPS) is 10.3. The maximum absolute atomic E-state index is 9.86. The third-order valence-corrected chi connectivity index (χ3v) is 3.39. The lowest BCUT2D eigenvalue weighted by Crippen LogP contribution is -2.03. The van der Waals surface area contributed by atoms with Crippen LogP contribution in [0, 0.1) is 0 Å². The first-order valence-electron chi connectivity index (χ1n) is 7.26. The van der Waals surface area contributed by atoms with E-state index in [1.165, 1.54) is 6.07 Å². The van der Waals surface area contributed by atoms with Crippen LogP contribution in [0.15, 0.2) is 54.6 Å². The van der Waals surface area contributed by atoms with Crippen molar-refractivity contribution in [3.63, 3.8) is 0 Å². The molecular formula is C17H18N6O. The van der Waals surface area contributed by atoms with Gasteiger partial charge in [-0.2, -0.15) is 0 Å². The first-order valence-corrected chi connectivity index (χ1v) is 7.26. The quantitative estimate of drug-likeness (QED) is 0.406. The molecule has 0 saturated carbocycles. The zero-order chi connectivity index (χ0) is 17.1. The topological polar surface area (TPSA) is 135 Å². The fraction of sp³-hybridized carbons (Fsp3) is 0. The van der Waals surface area contributed by atoms with E-state index < -0.39 is 0 Å². The molecule has 0 saturated heterocycles. The third-order valence-electron chi connectivity index (χ3n) is 3.39. The first kappa shape index (κ1) is 15.3. The summed E-state index contributed by atoms with van der Waals surface area (Å²) in [6, 6.07) is 15.9. The molecule has 24 heavy (non-hydrogen) atoms. The molecule has 7 heteroatoms. The van der Waals surface area contributed by atoms with Crippen LogP contribution < -0.4 is 27.8 Å². The van der Waals surface area contributed by atoms with Crippen molar-refractivity contribution in [1.29, 1.82) is 0 Å². The first-order chi connectivity index (χ1) is 11.5. The summed E-state index contributed by atoms with van der Waals surface area (Å²) in [4.78, 5) is 4.20. The monoisotopic (exact) mass is 322 g/mol. The van der Waals surface area contributed by atoms with Crippen molar-refractivity contribution >= 4 is 40.1 Å². The summed E-state index contributed by atoms with van der Waals surface area (Å²) >= 11 is 0. The number of hydrogen-bond donors (Lipinski definition) is 6. The highest BCUT2D eigenvalue weighted by molar-refractivity contribution is 5.79. The minimum Gasteiger partial charge on any atom is -0.504 e. The lowest BCUT2D eigenvalue weighted by atomic mass is 10.2. The Balaban J connectivity index is 1.93. The van der Waals surface area contributed by atoms with Crippen LogP contribution in [0.3, 0.4) is 0 Å². The van der Waals surface area contributed by atoms with E-state index in [0.717, 1.165) is 11.4 Å². The van der Waals surface area contributed by atoms with Crippen molar-refractivity contribution in [3.05, 3.63) is 54.6 Å². The van der Waals surface area contributed by atoms with Gasteiger partial charge < -0.3 is 32.9 Å². The molecule has 0 unspecified atom stereocenters. The molecule has 0 aliphatic heterocycles. The average molecular weight is 322 g/mol. The minimum atomic E-state index is -0.101. The molecule has 0 radical (unpaired) electrons. The Kier molecular flexibility index (Phi) is 3.98. The Morgan fingerprint density at radius 3 is 1.79 bits per heavy atom. The lowest BCUT2D eigenvalue weighted by Gasteiger charge is -2.15. The maximum Gasteiger partial charge on any atom is 0.168 e. The predicted octanol–water partition coefficient (Wildman–Crippen LogP) is 3.02. The Labute approximate surface area is 139 Å². The van der Waals surface area contributed by atoms with Crippen molar-refractivity contribution in [3.8, 4) is 5.75 Å². The molecule has 7 nitrogen and oxygen atoms in total. The summed E-state index contributed by atoms with van der Waals surface area (Å²) in [5, 5.41) is 16.2. The number of aromatic hydroxyl groups is 1. The summed E-state index contributed by atoms with van der Waals surface area (Å²) in [5.74, 6) is 0.415. The molecule has 3 rings (SSSR count). The number of nitrogen functional groups attached to an aromatic ring is 3. The van der Waals surface area contributed by atoms with Crippen LogP contribution >= 0.6 is 0 Å². The summed E-state index contributed by atoms with van der Waals surface area (Å²) in [6.45, 7) is 0. The van der Waals surface area contributed by atoms with Gasteiger partial charge in [0.15, 0.2) is 17.4 Å². The Hall–Kier alpha value is -3.61. The van der Waals surface area contributed by atoms with Crippen LogP contribution in [0.2, 0.25) is 0 Å². The van der Waals surface area contributed by atoms with Gasteiger partial charge in [0.2, 0.25) is 0 Å². The van der Waals surface area contributed by atoms with Crippen LogP contribution in [-0.4, -0.2) is 10.1 Å². The van der Waals surface area contributed by atoms with E-state index in [9.17, 15) is 5.11 Å². The number of hydrogen-bond acceptors (Lipinski definition) is 7. The van der Waals surface area contributed by atoms with Crippen LogP contribution in [0.25, 0.3) is 0 Å². The molecule has 0 spiro atoms. The van der Waals surface area contributed by atoms with Gasteiger partial charge in [-0.15, -0.1) is 0 Å². The van der Waals surface area contributed by atoms with E-state index in [0.29, 0.717) is 22.9 Å². The molecule has 0 aliphatic rings. The second-order valence-electron chi connectivity index (χ2n) is 5.28. The van der Waals surface area contributed by atoms with Gasteiger partial charge in [0.1, 0.15) is 0 Å². The number of rotatable bonds is 4. The van der Waals surface area contributed by atoms with E-state index >= 15 is 0 Å². The number of anilines is 7. The second-order valence-corrected chi connectivity index (χ2v) is 5.28. The molecule has 0 aliphatic carbocycles. The number of nitrogens with one attached hydrogen (secondary N) is 2. The van der Waals surface area contributed by atoms with E-state index in [4.69, 9.17) is 17.2 Å². The van der Waals surface area contributed by atoms with Crippen molar-refractivity contribution in [1.82, 2.24) is 4.98 Å². The number of pyridine rings is 1. The van der Waals surface area contributed by atoms with Gasteiger partial charge in [-0.3, -0.25) is 0 Å². The van der Waals surface area contributed by atoms with Crippen molar-refractivity contribution in [2.45, 2.75) is 0 Å². The van der Waals surface area contributed by atoms with Gasteiger partial charge in [0.25, 0.3) is 0 Å².